The van der Waals surface area contributed by atoms with Crippen LogP contribution in [0.5, 0.6) is 0 Å². The van der Waals surface area contributed by atoms with E-state index in [4.69, 9.17) is 5.73 Å². The summed E-state index contributed by atoms with van der Waals surface area (Å²) in [4.78, 5) is 16.8. The highest BCUT2D eigenvalue weighted by Gasteiger charge is 2.29. The van der Waals surface area contributed by atoms with Crippen LogP contribution in [0, 0.1) is 11.8 Å². The van der Waals surface area contributed by atoms with E-state index in [1.807, 2.05) is 0 Å². The van der Waals surface area contributed by atoms with Gasteiger partial charge in [0.05, 0.1) is 0 Å². The van der Waals surface area contributed by atoms with Gasteiger partial charge < -0.3 is 10.6 Å². The van der Waals surface area contributed by atoms with Gasteiger partial charge in [-0.3, -0.25) is 9.69 Å². The number of hydrogen-bond acceptors (Lipinski definition) is 3. The van der Waals surface area contributed by atoms with E-state index in [2.05, 4.69) is 16.7 Å². The van der Waals surface area contributed by atoms with Gasteiger partial charge in [0.2, 0.25) is 5.91 Å². The number of nitrogens with zero attached hydrogens (tertiary/aromatic N) is 2. The summed E-state index contributed by atoms with van der Waals surface area (Å²) in [6.45, 7) is 7.87. The van der Waals surface area contributed by atoms with Crippen LogP contribution in [0.15, 0.2) is 0 Å². The first-order valence-corrected chi connectivity index (χ1v) is 7.42. The fourth-order valence-electron chi connectivity index (χ4n) is 3.10. The van der Waals surface area contributed by atoms with Crippen molar-refractivity contribution < 1.29 is 4.79 Å². The largest absolute Gasteiger partial charge is 0.340 e. The minimum atomic E-state index is 0.333. The summed E-state index contributed by atoms with van der Waals surface area (Å²) >= 11 is 0. The Morgan fingerprint density at radius 3 is 2.39 bits per heavy atom. The second-order valence-corrected chi connectivity index (χ2v) is 5.95. The Balaban J connectivity index is 1.74. The third-order valence-electron chi connectivity index (χ3n) is 4.36. The van der Waals surface area contributed by atoms with Crippen LogP contribution < -0.4 is 5.73 Å². The van der Waals surface area contributed by atoms with Crippen LogP contribution >= 0.6 is 0 Å². The van der Waals surface area contributed by atoms with Crippen LogP contribution in [0.25, 0.3) is 0 Å². The Labute approximate surface area is 110 Å². The molecule has 0 spiro atoms. The standard InChI is InChI=1S/C14H27N3O/c1-12(10-15)11-16-6-8-17(9-7-16)14(18)13-4-2-3-5-13/h12-13H,2-11,15H2,1H3. The van der Waals surface area contributed by atoms with Crippen molar-refractivity contribution in [2.75, 3.05) is 39.3 Å². The molecule has 1 amide bonds. The van der Waals surface area contributed by atoms with Gasteiger partial charge in [-0.25, -0.2) is 0 Å². The number of nitrogens with two attached hydrogens (primary N) is 1. The Kier molecular flexibility index (Phi) is 5.01. The van der Waals surface area contributed by atoms with Gasteiger partial charge in [-0.05, 0) is 25.3 Å². The maximum Gasteiger partial charge on any atom is 0.225 e. The zero-order chi connectivity index (χ0) is 13.0. The Morgan fingerprint density at radius 1 is 1.22 bits per heavy atom. The van der Waals surface area contributed by atoms with Crippen molar-refractivity contribution in [3.05, 3.63) is 0 Å². The number of amides is 1. The molecule has 2 rings (SSSR count). The molecule has 1 saturated carbocycles. The topological polar surface area (TPSA) is 49.6 Å². The Bertz CT molecular complexity index is 268. The highest BCUT2D eigenvalue weighted by Crippen LogP contribution is 2.26. The highest BCUT2D eigenvalue weighted by atomic mass is 16.2. The van der Waals surface area contributed by atoms with Crippen molar-refractivity contribution >= 4 is 5.91 Å². The van der Waals surface area contributed by atoms with Crippen LogP contribution in [0.4, 0.5) is 0 Å². The number of hydrogen-bond donors (Lipinski definition) is 1. The lowest BCUT2D eigenvalue weighted by atomic mass is 10.1. The maximum atomic E-state index is 12.3. The van der Waals surface area contributed by atoms with Gasteiger partial charge in [-0.2, -0.15) is 0 Å². The van der Waals surface area contributed by atoms with Crippen molar-refractivity contribution in [3.63, 3.8) is 0 Å². The first kappa shape index (κ1) is 13.8. The molecule has 1 heterocycles. The van der Waals surface area contributed by atoms with Crippen LogP contribution in [-0.4, -0.2) is 55.0 Å². The van der Waals surface area contributed by atoms with Crippen LogP contribution in [-0.2, 0) is 4.79 Å². The lowest BCUT2D eigenvalue weighted by Crippen LogP contribution is -2.51. The fraction of sp³-hybridized carbons (Fsp3) is 0.929. The van der Waals surface area contributed by atoms with E-state index in [0.29, 0.717) is 17.7 Å². The molecule has 0 aromatic heterocycles. The zero-order valence-electron chi connectivity index (χ0n) is 11.6. The molecule has 4 heteroatoms. The van der Waals surface area contributed by atoms with E-state index in [-0.39, 0.29) is 0 Å². The van der Waals surface area contributed by atoms with E-state index in [1.165, 1.54) is 12.8 Å². The average molecular weight is 253 g/mol. The number of carbonyl (C=O) groups is 1. The SMILES string of the molecule is CC(CN)CN1CCN(C(=O)C2CCCC2)CC1. The van der Waals surface area contributed by atoms with E-state index >= 15 is 0 Å². The molecule has 0 aromatic carbocycles. The minimum Gasteiger partial charge on any atom is -0.340 e. The quantitative estimate of drug-likeness (QED) is 0.810. The van der Waals surface area contributed by atoms with Gasteiger partial charge in [0.25, 0.3) is 0 Å². The van der Waals surface area contributed by atoms with Crippen molar-refractivity contribution in [1.29, 1.82) is 0 Å². The van der Waals surface area contributed by atoms with Crippen LogP contribution in [0.3, 0.4) is 0 Å². The molecule has 4 nitrogen and oxygen atoms in total. The second-order valence-electron chi connectivity index (χ2n) is 5.95. The molecule has 0 aromatic rings. The molecule has 2 N–H and O–H groups in total. The predicted molar refractivity (Wildman–Crippen MR) is 73.2 cm³/mol. The summed E-state index contributed by atoms with van der Waals surface area (Å²) < 4.78 is 0. The lowest BCUT2D eigenvalue weighted by Gasteiger charge is -2.36. The van der Waals surface area contributed by atoms with Gasteiger partial charge in [0.15, 0.2) is 0 Å². The third kappa shape index (κ3) is 3.45. The zero-order valence-corrected chi connectivity index (χ0v) is 11.6. The van der Waals surface area contributed by atoms with Gasteiger partial charge >= 0.3 is 0 Å². The molecule has 1 aliphatic carbocycles. The summed E-state index contributed by atoms with van der Waals surface area (Å²) in [5, 5.41) is 0. The van der Waals surface area contributed by atoms with E-state index in [1.54, 1.807) is 0 Å². The van der Waals surface area contributed by atoms with Crippen LogP contribution in [0.2, 0.25) is 0 Å². The molecule has 1 unspecified atom stereocenters. The molecule has 1 atom stereocenters. The molecular weight excluding hydrogens is 226 g/mol. The van der Waals surface area contributed by atoms with Crippen LogP contribution in [0.1, 0.15) is 32.6 Å². The summed E-state index contributed by atoms with van der Waals surface area (Å²) in [6.07, 6.45) is 4.71. The predicted octanol–water partition coefficient (Wildman–Crippen LogP) is 0.916. The molecular formula is C14H27N3O. The molecule has 104 valence electrons. The van der Waals surface area contributed by atoms with Crippen molar-refractivity contribution in [3.8, 4) is 0 Å². The van der Waals surface area contributed by atoms with Gasteiger partial charge in [-0.1, -0.05) is 19.8 Å². The van der Waals surface area contributed by atoms with Crippen molar-refractivity contribution in [1.82, 2.24) is 9.80 Å². The average Bonchev–Trinajstić information content (AvgIpc) is 2.92. The van der Waals surface area contributed by atoms with Gasteiger partial charge in [0, 0.05) is 38.6 Å². The summed E-state index contributed by atoms with van der Waals surface area (Å²) in [5.74, 6) is 1.31. The first-order valence-electron chi connectivity index (χ1n) is 7.42. The fourth-order valence-corrected chi connectivity index (χ4v) is 3.10. The van der Waals surface area contributed by atoms with E-state index < -0.39 is 0 Å². The normalized spacial score (nSPS) is 24.4. The van der Waals surface area contributed by atoms with E-state index in [0.717, 1.165) is 52.1 Å². The second kappa shape index (κ2) is 6.53. The molecule has 1 aliphatic heterocycles. The lowest BCUT2D eigenvalue weighted by molar-refractivity contribution is -0.137. The number of carbonyl (C=O) groups excluding carboxylic acids is 1. The monoisotopic (exact) mass is 253 g/mol. The van der Waals surface area contributed by atoms with Gasteiger partial charge in [0.1, 0.15) is 0 Å². The molecule has 0 bridgehead atoms. The Morgan fingerprint density at radius 2 is 1.83 bits per heavy atom. The minimum absolute atomic E-state index is 0.333. The highest BCUT2D eigenvalue weighted by molar-refractivity contribution is 5.79. The maximum absolute atomic E-state index is 12.3. The molecule has 2 aliphatic rings. The smallest absolute Gasteiger partial charge is 0.225 e. The van der Waals surface area contributed by atoms with E-state index in [9.17, 15) is 4.79 Å². The third-order valence-corrected chi connectivity index (χ3v) is 4.36. The molecule has 1 saturated heterocycles. The summed E-state index contributed by atoms with van der Waals surface area (Å²) in [5.41, 5.74) is 5.66. The summed E-state index contributed by atoms with van der Waals surface area (Å²) in [7, 11) is 0. The number of rotatable bonds is 4. The summed E-state index contributed by atoms with van der Waals surface area (Å²) in [6, 6.07) is 0. The molecule has 18 heavy (non-hydrogen) atoms. The van der Waals surface area contributed by atoms with Crippen molar-refractivity contribution in [2.45, 2.75) is 32.6 Å². The number of piperazine rings is 1. The molecule has 0 radical (unpaired) electrons. The van der Waals surface area contributed by atoms with Gasteiger partial charge in [-0.15, -0.1) is 0 Å². The molecule has 2 fully saturated rings. The van der Waals surface area contributed by atoms with Crippen molar-refractivity contribution in [2.24, 2.45) is 17.6 Å². The Hall–Kier alpha value is -0.610. The first-order chi connectivity index (χ1) is 8.70.